The normalized spacial score (nSPS) is 20.1. The molecule has 0 N–H and O–H groups in total. The van der Waals surface area contributed by atoms with Gasteiger partial charge in [-0.05, 0) is 53.4 Å². The van der Waals surface area contributed by atoms with Crippen molar-refractivity contribution in [2.75, 3.05) is 59.0 Å². The molecular weight excluding hydrogens is 494 g/mol. The van der Waals surface area contributed by atoms with Crippen LogP contribution in [0.15, 0.2) is 60.7 Å². The zero-order valence-electron chi connectivity index (χ0n) is 22.6. The Hall–Kier alpha value is -4.20. The van der Waals surface area contributed by atoms with Crippen molar-refractivity contribution in [3.63, 3.8) is 0 Å². The number of fused-ring (bicyclic) bond motifs is 4. The van der Waals surface area contributed by atoms with Crippen LogP contribution in [0.1, 0.15) is 39.0 Å². The molecule has 2 amide bonds. The molecule has 3 aliphatic heterocycles. The second kappa shape index (κ2) is 10.2. The number of ether oxygens (including phenoxy) is 3. The molecule has 0 saturated carbocycles. The van der Waals surface area contributed by atoms with Crippen LogP contribution in [0.2, 0.25) is 0 Å². The topological polar surface area (TPSA) is 71.5 Å². The third kappa shape index (κ3) is 4.15. The highest BCUT2D eigenvalue weighted by atomic mass is 16.5. The molecule has 0 unspecified atom stereocenters. The number of methoxy groups -OCH3 is 3. The van der Waals surface area contributed by atoms with Gasteiger partial charge in [0.05, 0.1) is 39.0 Å². The van der Waals surface area contributed by atoms with E-state index < -0.39 is 12.0 Å². The second-order valence-electron chi connectivity index (χ2n) is 10.1. The van der Waals surface area contributed by atoms with Gasteiger partial charge < -0.3 is 28.9 Å². The summed E-state index contributed by atoms with van der Waals surface area (Å²) in [5.74, 6) is 1.60. The Morgan fingerprint density at radius 3 is 2.18 bits per heavy atom. The van der Waals surface area contributed by atoms with Gasteiger partial charge in [-0.1, -0.05) is 30.3 Å². The molecule has 0 aromatic heterocycles. The smallest absolute Gasteiger partial charge is 0.254 e. The molecule has 3 aromatic rings. The van der Waals surface area contributed by atoms with Gasteiger partial charge in [0, 0.05) is 38.3 Å². The molecule has 0 aliphatic carbocycles. The highest BCUT2D eigenvalue weighted by molar-refractivity contribution is 6.01. The van der Waals surface area contributed by atoms with Gasteiger partial charge in [-0.15, -0.1) is 0 Å². The number of nitrogens with zero attached hydrogens (tertiary/aromatic N) is 3. The highest BCUT2D eigenvalue weighted by Gasteiger charge is 2.48. The number of benzene rings is 3. The van der Waals surface area contributed by atoms with Crippen molar-refractivity contribution >= 4 is 17.5 Å². The van der Waals surface area contributed by atoms with Crippen LogP contribution in [0.5, 0.6) is 17.2 Å². The van der Waals surface area contributed by atoms with E-state index in [0.29, 0.717) is 56.2 Å². The summed E-state index contributed by atoms with van der Waals surface area (Å²) >= 11 is 0. The van der Waals surface area contributed by atoms with Crippen LogP contribution < -0.4 is 19.1 Å². The second-order valence-corrected chi connectivity index (χ2v) is 10.1. The van der Waals surface area contributed by atoms with E-state index in [4.69, 9.17) is 14.2 Å². The number of para-hydroxylation sites is 2. The number of hydrogen-bond donors (Lipinski definition) is 0. The average Bonchev–Trinajstić information content (AvgIpc) is 3.00. The number of anilines is 1. The molecule has 2 atom stereocenters. The molecule has 3 heterocycles. The molecule has 3 aromatic carbocycles. The van der Waals surface area contributed by atoms with Crippen molar-refractivity contribution in [1.82, 2.24) is 9.80 Å². The van der Waals surface area contributed by atoms with Crippen molar-refractivity contribution in [3.8, 4) is 17.2 Å². The number of carbonyl (C=O) groups excluding carboxylic acids is 2. The molecule has 8 heteroatoms. The Morgan fingerprint density at radius 2 is 1.44 bits per heavy atom. The van der Waals surface area contributed by atoms with Crippen molar-refractivity contribution < 1.29 is 23.8 Å². The average molecular weight is 528 g/mol. The zero-order chi connectivity index (χ0) is 27.1. The minimum Gasteiger partial charge on any atom is -0.495 e. The summed E-state index contributed by atoms with van der Waals surface area (Å²) in [5.41, 5.74) is 4.48. The Bertz CT molecular complexity index is 1420. The molecule has 39 heavy (non-hydrogen) atoms. The van der Waals surface area contributed by atoms with Gasteiger partial charge in [0.2, 0.25) is 5.91 Å². The number of hydrogen-bond acceptors (Lipinski definition) is 6. The SMILES string of the molecule is COc1cc2c(cc1OC)[C@@H]1[C@H](C(=O)N3CCN(c4ccccc4OC)CC3)c3ccccc3C(=O)N1CC2. The zero-order valence-corrected chi connectivity index (χ0v) is 22.6. The van der Waals surface area contributed by atoms with Crippen LogP contribution in [-0.2, 0) is 11.2 Å². The van der Waals surface area contributed by atoms with Crippen LogP contribution in [0.25, 0.3) is 0 Å². The minimum absolute atomic E-state index is 0.0268. The van der Waals surface area contributed by atoms with Gasteiger partial charge >= 0.3 is 0 Å². The lowest BCUT2D eigenvalue weighted by Crippen LogP contribution is -2.54. The fraction of sp³-hybridized carbons (Fsp3) is 0.355. The van der Waals surface area contributed by atoms with E-state index in [1.807, 2.05) is 64.4 Å². The van der Waals surface area contributed by atoms with Gasteiger partial charge in [0.1, 0.15) is 5.75 Å². The first-order chi connectivity index (χ1) is 19.0. The summed E-state index contributed by atoms with van der Waals surface area (Å²) in [7, 11) is 4.91. The molecule has 202 valence electrons. The fourth-order valence-electron chi connectivity index (χ4n) is 6.38. The molecule has 0 radical (unpaired) electrons. The van der Waals surface area contributed by atoms with Gasteiger partial charge in [-0.25, -0.2) is 0 Å². The van der Waals surface area contributed by atoms with Crippen molar-refractivity contribution in [3.05, 3.63) is 82.9 Å². The lowest BCUT2D eigenvalue weighted by Gasteiger charge is -2.47. The summed E-state index contributed by atoms with van der Waals surface area (Å²) in [4.78, 5) is 34.2. The van der Waals surface area contributed by atoms with E-state index in [0.717, 1.165) is 28.1 Å². The maximum atomic E-state index is 14.4. The lowest BCUT2D eigenvalue weighted by atomic mass is 9.75. The van der Waals surface area contributed by atoms with Crippen LogP contribution in [0.3, 0.4) is 0 Å². The molecule has 3 aliphatic rings. The fourth-order valence-corrected chi connectivity index (χ4v) is 6.38. The summed E-state index contributed by atoms with van der Waals surface area (Å²) in [6.45, 7) is 3.14. The van der Waals surface area contributed by atoms with E-state index in [1.54, 1.807) is 21.3 Å². The van der Waals surface area contributed by atoms with Crippen LogP contribution >= 0.6 is 0 Å². The molecule has 6 rings (SSSR count). The van der Waals surface area contributed by atoms with Gasteiger partial charge in [-0.2, -0.15) is 0 Å². The first-order valence-electron chi connectivity index (χ1n) is 13.4. The van der Waals surface area contributed by atoms with Gasteiger partial charge in [0.15, 0.2) is 11.5 Å². The Balaban J connectivity index is 1.36. The van der Waals surface area contributed by atoms with Gasteiger partial charge in [-0.3, -0.25) is 9.59 Å². The van der Waals surface area contributed by atoms with Crippen molar-refractivity contribution in [1.29, 1.82) is 0 Å². The number of rotatable bonds is 5. The number of amides is 2. The standard InChI is InChI=1S/C31H33N3O5/c1-37-25-11-7-6-10-24(25)32-14-16-33(17-15-32)31(36)28-21-8-4-5-9-22(21)30(35)34-13-12-20-18-26(38-2)27(39-3)19-23(20)29(28)34/h4-11,18-19,28-29H,12-17H2,1-3H3/t28-,29-/m1/s1. The van der Waals surface area contributed by atoms with Crippen molar-refractivity contribution in [2.24, 2.45) is 0 Å². The van der Waals surface area contributed by atoms with Crippen LogP contribution in [0.4, 0.5) is 5.69 Å². The lowest BCUT2D eigenvalue weighted by molar-refractivity contribution is -0.135. The van der Waals surface area contributed by atoms with E-state index >= 15 is 0 Å². The van der Waals surface area contributed by atoms with Crippen molar-refractivity contribution in [2.45, 2.75) is 18.4 Å². The molecular formula is C31H33N3O5. The highest BCUT2D eigenvalue weighted by Crippen LogP contribution is 2.49. The summed E-state index contributed by atoms with van der Waals surface area (Å²) in [5, 5.41) is 0. The molecule has 8 nitrogen and oxygen atoms in total. The Kier molecular flexibility index (Phi) is 6.54. The number of piperazine rings is 1. The first-order valence-corrected chi connectivity index (χ1v) is 13.4. The predicted octanol–water partition coefficient (Wildman–Crippen LogP) is 3.90. The van der Waals surface area contributed by atoms with E-state index in [1.165, 1.54) is 0 Å². The maximum Gasteiger partial charge on any atom is 0.254 e. The molecule has 0 bridgehead atoms. The third-order valence-corrected chi connectivity index (χ3v) is 8.31. The first kappa shape index (κ1) is 25.1. The third-order valence-electron chi connectivity index (χ3n) is 8.31. The monoisotopic (exact) mass is 527 g/mol. The van der Waals surface area contributed by atoms with Gasteiger partial charge in [0.25, 0.3) is 5.91 Å². The minimum atomic E-state index is -0.506. The summed E-state index contributed by atoms with van der Waals surface area (Å²) < 4.78 is 16.7. The number of carbonyl (C=O) groups is 2. The van der Waals surface area contributed by atoms with E-state index in [-0.39, 0.29) is 11.8 Å². The largest absolute Gasteiger partial charge is 0.495 e. The Morgan fingerprint density at radius 1 is 0.769 bits per heavy atom. The quantitative estimate of drug-likeness (QED) is 0.501. The maximum absolute atomic E-state index is 14.4. The molecule has 0 spiro atoms. The molecule has 1 saturated heterocycles. The van der Waals surface area contributed by atoms with Crippen LogP contribution in [0, 0.1) is 0 Å². The summed E-state index contributed by atoms with van der Waals surface area (Å²) in [6, 6.07) is 19.1. The Labute approximate surface area is 228 Å². The molecule has 1 fully saturated rings. The van der Waals surface area contributed by atoms with Crippen LogP contribution in [-0.4, -0.2) is 75.7 Å². The van der Waals surface area contributed by atoms with E-state index in [2.05, 4.69) is 11.0 Å². The van der Waals surface area contributed by atoms with E-state index in [9.17, 15) is 9.59 Å². The summed E-state index contributed by atoms with van der Waals surface area (Å²) in [6.07, 6.45) is 0.693. The predicted molar refractivity (Wildman–Crippen MR) is 148 cm³/mol.